The fourth-order valence-electron chi connectivity index (χ4n) is 1.26. The lowest BCUT2D eigenvalue weighted by molar-refractivity contribution is -0.139. The van der Waals surface area contributed by atoms with Crippen LogP contribution < -0.4 is 5.32 Å². The molecule has 10 heteroatoms. The van der Waals surface area contributed by atoms with Gasteiger partial charge in [-0.15, -0.1) is 0 Å². The molecule has 1 unspecified atom stereocenters. The van der Waals surface area contributed by atoms with Gasteiger partial charge in [0.1, 0.15) is 22.4 Å². The number of sulfone groups is 1. The van der Waals surface area contributed by atoms with E-state index in [1.807, 2.05) is 0 Å². The fraction of sp³-hybridized carbons (Fsp3) is 0.727. The molecule has 21 heavy (non-hydrogen) atoms. The Morgan fingerprint density at radius 2 is 1.71 bits per heavy atom. The van der Waals surface area contributed by atoms with Crippen molar-refractivity contribution in [2.45, 2.75) is 12.5 Å². The molecule has 0 aliphatic rings. The van der Waals surface area contributed by atoms with Gasteiger partial charge < -0.3 is 20.2 Å². The van der Waals surface area contributed by atoms with E-state index in [0.29, 0.717) is 0 Å². The van der Waals surface area contributed by atoms with Crippen molar-refractivity contribution in [3.05, 3.63) is 0 Å². The molecule has 0 rings (SSSR count). The highest BCUT2D eigenvalue weighted by atomic mass is 32.2. The molecule has 0 spiro atoms. The van der Waals surface area contributed by atoms with Gasteiger partial charge in [-0.25, -0.2) is 18.0 Å². The first-order valence-electron chi connectivity index (χ1n) is 6.06. The van der Waals surface area contributed by atoms with Crippen molar-refractivity contribution < 1.29 is 27.9 Å². The zero-order valence-corrected chi connectivity index (χ0v) is 13.3. The maximum atomic E-state index is 11.8. The lowest BCUT2D eigenvalue weighted by atomic mass is 10.2. The Labute approximate surface area is 123 Å². The van der Waals surface area contributed by atoms with Gasteiger partial charge in [-0.3, -0.25) is 4.79 Å². The fourth-order valence-corrected chi connectivity index (χ4v) is 1.93. The summed E-state index contributed by atoms with van der Waals surface area (Å²) in [6.07, 6.45) is 0.741. The summed E-state index contributed by atoms with van der Waals surface area (Å²) in [5, 5.41) is 11.2. The molecule has 0 aliphatic carbocycles. The van der Waals surface area contributed by atoms with E-state index in [9.17, 15) is 22.8 Å². The van der Waals surface area contributed by atoms with Gasteiger partial charge in [0.2, 0.25) is 5.91 Å². The van der Waals surface area contributed by atoms with Gasteiger partial charge >= 0.3 is 12.0 Å². The minimum absolute atomic E-state index is 0.211. The highest BCUT2D eigenvalue weighted by Gasteiger charge is 2.24. The van der Waals surface area contributed by atoms with Crippen molar-refractivity contribution in [3.8, 4) is 0 Å². The van der Waals surface area contributed by atoms with E-state index in [-0.39, 0.29) is 24.6 Å². The SMILES string of the molecule is CN(C)C(=O)CN(C)C(=O)NC(CCS(C)(=O)=O)C(=O)O. The van der Waals surface area contributed by atoms with Crippen LogP contribution in [0.4, 0.5) is 4.79 Å². The van der Waals surface area contributed by atoms with Crippen molar-refractivity contribution >= 4 is 27.7 Å². The number of carboxylic acids is 1. The summed E-state index contributed by atoms with van der Waals surface area (Å²) >= 11 is 0. The summed E-state index contributed by atoms with van der Waals surface area (Å²) in [5.41, 5.74) is 0. The van der Waals surface area contributed by atoms with Crippen LogP contribution in [0.15, 0.2) is 0 Å². The molecule has 0 radical (unpaired) electrons. The van der Waals surface area contributed by atoms with Gasteiger partial charge in [0.15, 0.2) is 0 Å². The highest BCUT2D eigenvalue weighted by Crippen LogP contribution is 1.99. The second kappa shape index (κ2) is 7.81. The first-order chi connectivity index (χ1) is 9.44. The Morgan fingerprint density at radius 3 is 2.10 bits per heavy atom. The predicted octanol–water partition coefficient (Wildman–Crippen LogP) is -1.40. The number of nitrogens with zero attached hydrogens (tertiary/aromatic N) is 2. The van der Waals surface area contributed by atoms with Crippen LogP contribution in [0.3, 0.4) is 0 Å². The third-order valence-corrected chi connectivity index (χ3v) is 3.57. The number of likely N-dealkylation sites (N-methyl/N-ethyl adjacent to an activating group) is 2. The van der Waals surface area contributed by atoms with Gasteiger partial charge in [-0.2, -0.15) is 0 Å². The van der Waals surface area contributed by atoms with E-state index in [4.69, 9.17) is 5.11 Å². The summed E-state index contributed by atoms with van der Waals surface area (Å²) in [7, 11) is 1.07. The molecule has 0 heterocycles. The van der Waals surface area contributed by atoms with Crippen LogP contribution in [-0.2, 0) is 19.4 Å². The molecule has 0 fully saturated rings. The monoisotopic (exact) mass is 323 g/mol. The summed E-state index contributed by atoms with van der Waals surface area (Å²) in [6.45, 7) is -0.211. The van der Waals surface area contributed by atoms with Gasteiger partial charge in [0.25, 0.3) is 0 Å². The van der Waals surface area contributed by atoms with Gasteiger partial charge in [-0.1, -0.05) is 0 Å². The van der Waals surface area contributed by atoms with Gasteiger partial charge in [-0.05, 0) is 6.42 Å². The topological polar surface area (TPSA) is 124 Å². The van der Waals surface area contributed by atoms with E-state index in [0.717, 1.165) is 11.2 Å². The molecule has 0 aromatic heterocycles. The molecule has 0 bridgehead atoms. The van der Waals surface area contributed by atoms with Gasteiger partial charge in [0.05, 0.1) is 5.75 Å². The zero-order chi connectivity index (χ0) is 16.8. The average molecular weight is 323 g/mol. The molecule has 0 aromatic rings. The van der Waals surface area contributed by atoms with Crippen LogP contribution in [0.25, 0.3) is 0 Å². The summed E-state index contributed by atoms with van der Waals surface area (Å²) in [4.78, 5) is 36.5. The van der Waals surface area contributed by atoms with Crippen molar-refractivity contribution in [2.75, 3.05) is 39.7 Å². The zero-order valence-electron chi connectivity index (χ0n) is 12.5. The molecular formula is C11H21N3O6S. The molecule has 9 nitrogen and oxygen atoms in total. The number of rotatable bonds is 7. The Morgan fingerprint density at radius 1 is 1.19 bits per heavy atom. The maximum Gasteiger partial charge on any atom is 0.326 e. The summed E-state index contributed by atoms with van der Waals surface area (Å²) < 4.78 is 22.1. The molecule has 3 amide bonds. The standard InChI is InChI=1S/C11H21N3O6S/c1-13(2)9(15)7-14(3)11(18)12-8(10(16)17)5-6-21(4,19)20/h8H,5-7H2,1-4H3,(H,12,18)(H,16,17). The normalized spacial score (nSPS) is 12.4. The van der Waals surface area contributed by atoms with Crippen LogP contribution >= 0.6 is 0 Å². The molecule has 0 saturated heterocycles. The number of hydrogen-bond acceptors (Lipinski definition) is 5. The molecule has 0 aliphatic heterocycles. The summed E-state index contributed by atoms with van der Waals surface area (Å²) in [6, 6.07) is -2.09. The van der Waals surface area contributed by atoms with E-state index in [2.05, 4.69) is 5.32 Å². The lowest BCUT2D eigenvalue weighted by Gasteiger charge is -2.22. The third-order valence-electron chi connectivity index (χ3n) is 2.59. The number of hydrogen-bond donors (Lipinski definition) is 2. The number of urea groups is 1. The van der Waals surface area contributed by atoms with E-state index in [1.54, 1.807) is 0 Å². The smallest absolute Gasteiger partial charge is 0.326 e. The molecular weight excluding hydrogens is 302 g/mol. The molecule has 0 saturated carbocycles. The minimum Gasteiger partial charge on any atom is -0.480 e. The Kier molecular flexibility index (Phi) is 7.13. The highest BCUT2D eigenvalue weighted by molar-refractivity contribution is 7.90. The average Bonchev–Trinajstić information content (AvgIpc) is 2.32. The molecule has 2 N–H and O–H groups in total. The largest absolute Gasteiger partial charge is 0.480 e. The quantitative estimate of drug-likeness (QED) is 0.594. The number of carbonyl (C=O) groups excluding carboxylic acids is 2. The number of carboxylic acid groups (broad SMARTS) is 1. The van der Waals surface area contributed by atoms with Crippen LogP contribution in [0.1, 0.15) is 6.42 Å². The van der Waals surface area contributed by atoms with Crippen molar-refractivity contribution in [2.24, 2.45) is 0 Å². The Balaban J connectivity index is 4.61. The van der Waals surface area contributed by atoms with E-state index < -0.39 is 27.9 Å². The first kappa shape index (κ1) is 19.2. The number of nitrogens with one attached hydrogen (secondary N) is 1. The first-order valence-corrected chi connectivity index (χ1v) is 8.12. The second-order valence-electron chi connectivity index (χ2n) is 4.90. The third kappa shape index (κ3) is 8.12. The Bertz CT molecular complexity index is 502. The Hall–Kier alpha value is -1.84. The molecule has 122 valence electrons. The van der Waals surface area contributed by atoms with E-state index >= 15 is 0 Å². The molecule has 0 aromatic carbocycles. The predicted molar refractivity (Wildman–Crippen MR) is 75.6 cm³/mol. The number of aliphatic carboxylic acids is 1. The summed E-state index contributed by atoms with van der Waals surface area (Å²) in [5.74, 6) is -2.01. The van der Waals surface area contributed by atoms with Crippen LogP contribution in [0.2, 0.25) is 0 Å². The van der Waals surface area contributed by atoms with Crippen LogP contribution in [0, 0.1) is 0 Å². The van der Waals surface area contributed by atoms with Crippen LogP contribution in [-0.4, -0.2) is 87.0 Å². The van der Waals surface area contributed by atoms with Gasteiger partial charge in [0, 0.05) is 27.4 Å². The number of carbonyl (C=O) groups is 3. The maximum absolute atomic E-state index is 11.8. The second-order valence-corrected chi connectivity index (χ2v) is 7.16. The minimum atomic E-state index is -3.33. The van der Waals surface area contributed by atoms with Crippen molar-refractivity contribution in [3.63, 3.8) is 0 Å². The molecule has 1 atom stereocenters. The van der Waals surface area contributed by atoms with Crippen molar-refractivity contribution in [1.82, 2.24) is 15.1 Å². The van der Waals surface area contributed by atoms with E-state index in [1.165, 1.54) is 26.0 Å². The van der Waals surface area contributed by atoms with Crippen LogP contribution in [0.5, 0.6) is 0 Å². The lowest BCUT2D eigenvalue weighted by Crippen LogP contribution is -2.49. The van der Waals surface area contributed by atoms with Crippen molar-refractivity contribution in [1.29, 1.82) is 0 Å². The number of amides is 3.